The number of urea groups is 1. The van der Waals surface area contributed by atoms with Gasteiger partial charge in [0.1, 0.15) is 12.4 Å². The fraction of sp³-hybridized carbons (Fsp3) is 0.462. The number of carbonyl (C=O) groups is 1. The van der Waals surface area contributed by atoms with E-state index >= 15 is 0 Å². The second-order valence-corrected chi connectivity index (χ2v) is 4.33. The summed E-state index contributed by atoms with van der Waals surface area (Å²) >= 11 is 0. The van der Waals surface area contributed by atoms with Crippen molar-refractivity contribution >= 4 is 6.03 Å². The van der Waals surface area contributed by atoms with Gasteiger partial charge in [0, 0.05) is 44.7 Å². The van der Waals surface area contributed by atoms with Crippen LogP contribution in [0.25, 0.3) is 0 Å². The maximum absolute atomic E-state index is 11.7. The molecule has 6 heteroatoms. The number of ether oxygens (including phenoxy) is 1. The Bertz CT molecular complexity index is 416. The minimum atomic E-state index is -0.0413. The molecule has 2 amide bonds. The van der Waals surface area contributed by atoms with E-state index in [2.05, 4.69) is 21.9 Å². The Morgan fingerprint density at radius 2 is 2.37 bits per heavy atom. The van der Waals surface area contributed by atoms with Gasteiger partial charge in [0.15, 0.2) is 0 Å². The van der Waals surface area contributed by atoms with Gasteiger partial charge < -0.3 is 15.0 Å². The van der Waals surface area contributed by atoms with Gasteiger partial charge in [-0.05, 0) is 0 Å². The number of amides is 2. The number of aromatic nitrogens is 2. The number of likely N-dealkylation sites (tertiary alicyclic amines) is 1. The van der Waals surface area contributed by atoms with Gasteiger partial charge in [-0.2, -0.15) is 0 Å². The Balaban J connectivity index is 1.76. The third kappa shape index (κ3) is 3.94. The third-order valence-electron chi connectivity index (χ3n) is 2.97. The van der Waals surface area contributed by atoms with Crippen molar-refractivity contribution in [3.8, 4) is 5.88 Å². The highest BCUT2D eigenvalue weighted by atomic mass is 16.5. The number of nitrogens with one attached hydrogen (secondary N) is 1. The predicted molar refractivity (Wildman–Crippen MR) is 70.9 cm³/mol. The SMILES string of the molecule is C=CCNC(=O)N1CCC(Oc2ccncn2)CC1. The molecule has 2 heterocycles. The standard InChI is InChI=1S/C13H18N4O2/c1-2-6-15-13(18)17-8-4-11(5-9-17)19-12-3-7-14-10-16-12/h2-3,7,10-11H,1,4-6,8-9H2,(H,15,18). The van der Waals surface area contributed by atoms with Crippen LogP contribution in [-0.2, 0) is 0 Å². The topological polar surface area (TPSA) is 67.4 Å². The molecule has 102 valence electrons. The van der Waals surface area contributed by atoms with Gasteiger partial charge in [0.25, 0.3) is 0 Å². The molecule has 1 aliphatic rings. The van der Waals surface area contributed by atoms with Crippen molar-refractivity contribution < 1.29 is 9.53 Å². The van der Waals surface area contributed by atoms with Crippen molar-refractivity contribution in [2.24, 2.45) is 0 Å². The van der Waals surface area contributed by atoms with Crippen LogP contribution in [-0.4, -0.2) is 46.6 Å². The van der Waals surface area contributed by atoms with Crippen molar-refractivity contribution in [3.63, 3.8) is 0 Å². The molecule has 0 unspecified atom stereocenters. The van der Waals surface area contributed by atoms with E-state index in [4.69, 9.17) is 4.74 Å². The van der Waals surface area contributed by atoms with Gasteiger partial charge in [0.05, 0.1) is 0 Å². The van der Waals surface area contributed by atoms with Gasteiger partial charge in [-0.3, -0.25) is 0 Å². The maximum Gasteiger partial charge on any atom is 0.317 e. The van der Waals surface area contributed by atoms with Crippen LogP contribution >= 0.6 is 0 Å². The molecule has 1 aromatic heterocycles. The summed E-state index contributed by atoms with van der Waals surface area (Å²) in [6.45, 7) is 5.45. The van der Waals surface area contributed by atoms with E-state index in [1.54, 1.807) is 23.2 Å². The molecule has 1 fully saturated rings. The molecule has 0 saturated carbocycles. The molecular formula is C13H18N4O2. The Morgan fingerprint density at radius 3 is 3.00 bits per heavy atom. The molecule has 0 aromatic carbocycles. The maximum atomic E-state index is 11.7. The zero-order chi connectivity index (χ0) is 13.5. The van der Waals surface area contributed by atoms with E-state index in [9.17, 15) is 4.79 Å². The molecule has 1 saturated heterocycles. The third-order valence-corrected chi connectivity index (χ3v) is 2.97. The first-order valence-corrected chi connectivity index (χ1v) is 6.36. The van der Waals surface area contributed by atoms with Crippen LogP contribution in [0.4, 0.5) is 4.79 Å². The van der Waals surface area contributed by atoms with Crippen LogP contribution < -0.4 is 10.1 Å². The first kappa shape index (κ1) is 13.3. The molecule has 0 atom stereocenters. The van der Waals surface area contributed by atoms with Gasteiger partial charge >= 0.3 is 6.03 Å². The largest absolute Gasteiger partial charge is 0.474 e. The molecular weight excluding hydrogens is 244 g/mol. The van der Waals surface area contributed by atoms with Gasteiger partial charge in [-0.1, -0.05) is 6.08 Å². The van der Waals surface area contributed by atoms with E-state index in [1.807, 2.05) is 0 Å². The van der Waals surface area contributed by atoms with Crippen LogP contribution in [0.5, 0.6) is 5.88 Å². The summed E-state index contributed by atoms with van der Waals surface area (Å²) in [4.78, 5) is 21.4. The summed E-state index contributed by atoms with van der Waals surface area (Å²) in [5.74, 6) is 0.588. The Labute approximate surface area is 112 Å². The second kappa shape index (κ2) is 6.72. The normalized spacial score (nSPS) is 15.9. The molecule has 0 aliphatic carbocycles. The summed E-state index contributed by atoms with van der Waals surface area (Å²) < 4.78 is 5.74. The van der Waals surface area contributed by atoms with E-state index < -0.39 is 0 Å². The van der Waals surface area contributed by atoms with Crippen LogP contribution in [0.3, 0.4) is 0 Å². The molecule has 19 heavy (non-hydrogen) atoms. The number of hydrogen-bond donors (Lipinski definition) is 1. The fourth-order valence-electron chi connectivity index (χ4n) is 1.97. The van der Waals surface area contributed by atoms with Gasteiger partial charge in [-0.25, -0.2) is 14.8 Å². The summed E-state index contributed by atoms with van der Waals surface area (Å²) in [7, 11) is 0. The number of piperidine rings is 1. The molecule has 1 aromatic rings. The highest BCUT2D eigenvalue weighted by Crippen LogP contribution is 2.16. The highest BCUT2D eigenvalue weighted by Gasteiger charge is 2.23. The zero-order valence-corrected chi connectivity index (χ0v) is 10.8. The lowest BCUT2D eigenvalue weighted by molar-refractivity contribution is 0.107. The van der Waals surface area contributed by atoms with Crippen LogP contribution in [0.1, 0.15) is 12.8 Å². The lowest BCUT2D eigenvalue weighted by Gasteiger charge is -2.31. The highest BCUT2D eigenvalue weighted by molar-refractivity contribution is 5.74. The van der Waals surface area contributed by atoms with Gasteiger partial charge in [-0.15, -0.1) is 6.58 Å². The smallest absolute Gasteiger partial charge is 0.317 e. The minimum Gasteiger partial charge on any atom is -0.474 e. The molecule has 1 aliphatic heterocycles. The number of hydrogen-bond acceptors (Lipinski definition) is 4. The molecule has 0 radical (unpaired) electrons. The predicted octanol–water partition coefficient (Wildman–Crippen LogP) is 1.22. The quantitative estimate of drug-likeness (QED) is 0.828. The molecule has 0 bridgehead atoms. The lowest BCUT2D eigenvalue weighted by atomic mass is 10.1. The fourth-order valence-corrected chi connectivity index (χ4v) is 1.97. The average molecular weight is 262 g/mol. The van der Waals surface area contributed by atoms with E-state index in [0.29, 0.717) is 25.5 Å². The molecule has 0 spiro atoms. The summed E-state index contributed by atoms with van der Waals surface area (Å²) in [5.41, 5.74) is 0. The minimum absolute atomic E-state index is 0.0413. The summed E-state index contributed by atoms with van der Waals surface area (Å²) in [6.07, 6.45) is 6.52. The van der Waals surface area contributed by atoms with E-state index in [1.165, 1.54) is 6.33 Å². The monoisotopic (exact) mass is 262 g/mol. The number of carbonyl (C=O) groups excluding carboxylic acids is 1. The van der Waals surface area contributed by atoms with Crippen LogP contribution in [0.15, 0.2) is 31.2 Å². The second-order valence-electron chi connectivity index (χ2n) is 4.33. The van der Waals surface area contributed by atoms with Crippen molar-refractivity contribution in [1.29, 1.82) is 0 Å². The van der Waals surface area contributed by atoms with Gasteiger partial charge in [0.2, 0.25) is 5.88 Å². The lowest BCUT2D eigenvalue weighted by Crippen LogP contribution is -2.46. The van der Waals surface area contributed by atoms with Crippen LogP contribution in [0, 0.1) is 0 Å². The summed E-state index contributed by atoms with van der Waals surface area (Å²) in [5, 5.41) is 2.77. The van der Waals surface area contributed by atoms with Crippen molar-refractivity contribution in [3.05, 3.63) is 31.2 Å². The Morgan fingerprint density at radius 1 is 1.58 bits per heavy atom. The van der Waals surface area contributed by atoms with Crippen molar-refractivity contribution in [1.82, 2.24) is 20.2 Å². The Hall–Kier alpha value is -2.11. The molecule has 1 N–H and O–H groups in total. The molecule has 6 nitrogen and oxygen atoms in total. The first-order valence-electron chi connectivity index (χ1n) is 6.36. The Kier molecular flexibility index (Phi) is 4.72. The number of nitrogens with zero attached hydrogens (tertiary/aromatic N) is 3. The van der Waals surface area contributed by atoms with E-state index in [-0.39, 0.29) is 12.1 Å². The average Bonchev–Trinajstić information content (AvgIpc) is 2.46. The summed E-state index contributed by atoms with van der Waals surface area (Å²) in [6, 6.07) is 1.70. The van der Waals surface area contributed by atoms with Crippen molar-refractivity contribution in [2.75, 3.05) is 19.6 Å². The first-order chi connectivity index (χ1) is 9.29. The van der Waals surface area contributed by atoms with Crippen LogP contribution in [0.2, 0.25) is 0 Å². The zero-order valence-electron chi connectivity index (χ0n) is 10.8. The molecule has 2 rings (SSSR count). The van der Waals surface area contributed by atoms with Crippen molar-refractivity contribution in [2.45, 2.75) is 18.9 Å². The number of rotatable bonds is 4. The van der Waals surface area contributed by atoms with E-state index in [0.717, 1.165) is 12.8 Å².